The number of fused-ring (bicyclic) bond motifs is 7. The topological polar surface area (TPSA) is 6.48 Å². The summed E-state index contributed by atoms with van der Waals surface area (Å²) in [5.41, 5.74) is 19.3. The average Bonchev–Trinajstić information content (AvgIpc) is 3.38. The molecule has 0 spiro atoms. The van der Waals surface area contributed by atoms with Gasteiger partial charge < -0.3 is 9.80 Å². The summed E-state index contributed by atoms with van der Waals surface area (Å²) in [4.78, 5) is 5.02. The lowest BCUT2D eigenvalue weighted by Gasteiger charge is -2.43. The van der Waals surface area contributed by atoms with Crippen molar-refractivity contribution in [1.29, 1.82) is 0 Å². The molecule has 2 nitrogen and oxygen atoms in total. The average molecular weight is 871 g/mol. The zero-order valence-corrected chi connectivity index (χ0v) is 38.8. The van der Waals surface area contributed by atoms with Gasteiger partial charge >= 0.3 is 0 Å². The maximum atomic E-state index is 2.52. The second kappa shape index (κ2) is 15.2. The summed E-state index contributed by atoms with van der Waals surface area (Å²) in [5.74, 6) is 0. The lowest BCUT2D eigenvalue weighted by atomic mass is 9.72. The minimum atomic E-state index is -0.239. The molecule has 0 unspecified atom stereocenters. The van der Waals surface area contributed by atoms with Crippen molar-refractivity contribution < 1.29 is 0 Å². The fourth-order valence-electron chi connectivity index (χ4n) is 11.9. The smallest absolute Gasteiger partial charge is 0.0581 e. The molecule has 0 aliphatic carbocycles. The van der Waals surface area contributed by atoms with Crippen LogP contribution in [-0.4, -0.2) is 0 Å². The van der Waals surface area contributed by atoms with Crippen molar-refractivity contribution in [2.24, 2.45) is 0 Å². The molecule has 324 valence electrons. The lowest BCUT2D eigenvalue weighted by molar-refractivity contribution is 0.632. The summed E-state index contributed by atoms with van der Waals surface area (Å²) in [7, 11) is 0. The molecule has 13 rings (SSSR count). The standard InChI is InChI=1S/C66H50N2/c1-65(2)56-33-13-15-37-60(56)67(46-23-7-5-8-24-46)63-52(31-19-35-58(63)65)48-27-17-29-50-54(48)42-55-49(28-18-30-51(55)62(50)45-40-39-43-21-11-12-22-44(43)41-45)53-32-20-36-59-64(53)68(47-25-9-6-10-26-47)61-38-16-14-34-57(61)66(59,3)4/h5-42H,1-4H3. The normalized spacial score (nSPS) is 14.4. The fraction of sp³-hybridized carbons (Fsp3) is 0.0909. The summed E-state index contributed by atoms with van der Waals surface area (Å²) in [6.45, 7) is 9.54. The van der Waals surface area contributed by atoms with Crippen LogP contribution in [0.15, 0.2) is 231 Å². The zero-order chi connectivity index (χ0) is 45.7. The maximum absolute atomic E-state index is 2.52. The van der Waals surface area contributed by atoms with E-state index in [1.807, 2.05) is 0 Å². The summed E-state index contributed by atoms with van der Waals surface area (Å²) in [5, 5.41) is 7.39. The molecule has 2 aliphatic rings. The molecule has 2 heteroatoms. The molecule has 0 N–H and O–H groups in total. The van der Waals surface area contributed by atoms with Gasteiger partial charge in [-0.15, -0.1) is 0 Å². The minimum absolute atomic E-state index is 0.239. The molecule has 11 aromatic carbocycles. The number of nitrogens with zero attached hydrogens (tertiary/aromatic N) is 2. The van der Waals surface area contributed by atoms with Crippen molar-refractivity contribution >= 4 is 66.4 Å². The molecular weight excluding hydrogens is 821 g/mol. The first-order valence-electron chi connectivity index (χ1n) is 23.9. The number of hydrogen-bond acceptors (Lipinski definition) is 2. The van der Waals surface area contributed by atoms with Crippen LogP contribution in [-0.2, 0) is 10.8 Å². The van der Waals surface area contributed by atoms with Gasteiger partial charge in [-0.3, -0.25) is 0 Å². The first-order valence-corrected chi connectivity index (χ1v) is 23.9. The molecule has 68 heavy (non-hydrogen) atoms. The molecule has 11 aromatic rings. The van der Waals surface area contributed by atoms with Crippen LogP contribution in [0, 0.1) is 0 Å². The van der Waals surface area contributed by atoms with E-state index >= 15 is 0 Å². The summed E-state index contributed by atoms with van der Waals surface area (Å²) in [6, 6.07) is 85.9. The van der Waals surface area contributed by atoms with E-state index in [-0.39, 0.29) is 10.8 Å². The third-order valence-corrected chi connectivity index (χ3v) is 15.2. The van der Waals surface area contributed by atoms with E-state index in [0.29, 0.717) is 0 Å². The second-order valence-corrected chi connectivity index (χ2v) is 19.6. The SMILES string of the molecule is CC1(C)c2ccccc2N(c2ccccc2)c2c(-c3cccc4c(-c5ccc6ccccc6c5)c5cccc(-c6cccc7c6N(c6ccccc6)c6ccccc6C7(C)C)c5cc34)cccc21. The molecule has 0 fully saturated rings. The highest BCUT2D eigenvalue weighted by atomic mass is 15.2. The first kappa shape index (κ1) is 40.1. The minimum Gasteiger partial charge on any atom is -0.309 e. The van der Waals surface area contributed by atoms with Crippen molar-refractivity contribution in [3.05, 3.63) is 253 Å². The van der Waals surface area contributed by atoms with Crippen LogP contribution in [0.1, 0.15) is 49.9 Å². The highest BCUT2D eigenvalue weighted by Gasteiger charge is 2.40. The van der Waals surface area contributed by atoms with E-state index in [0.717, 1.165) is 11.4 Å². The number of benzene rings is 11. The summed E-state index contributed by atoms with van der Waals surface area (Å²) >= 11 is 0. The zero-order valence-electron chi connectivity index (χ0n) is 38.8. The van der Waals surface area contributed by atoms with Crippen molar-refractivity contribution in [3.8, 4) is 33.4 Å². The van der Waals surface area contributed by atoms with Gasteiger partial charge in [0, 0.05) is 33.3 Å². The Hall–Kier alpha value is -8.20. The molecule has 0 aromatic heterocycles. The maximum Gasteiger partial charge on any atom is 0.0581 e. The molecule has 0 radical (unpaired) electrons. The predicted octanol–water partition coefficient (Wildman–Crippen LogP) is 18.4. The van der Waals surface area contributed by atoms with Crippen molar-refractivity contribution in [1.82, 2.24) is 0 Å². The number of para-hydroxylation sites is 6. The Labute approximate surface area is 399 Å². The van der Waals surface area contributed by atoms with Crippen LogP contribution in [0.2, 0.25) is 0 Å². The van der Waals surface area contributed by atoms with Crippen molar-refractivity contribution in [2.75, 3.05) is 9.80 Å². The van der Waals surface area contributed by atoms with E-state index in [1.165, 1.54) is 111 Å². The molecule has 0 saturated carbocycles. The van der Waals surface area contributed by atoms with Gasteiger partial charge in [0.05, 0.1) is 22.7 Å². The number of hydrogen-bond donors (Lipinski definition) is 0. The monoisotopic (exact) mass is 870 g/mol. The van der Waals surface area contributed by atoms with E-state index in [1.54, 1.807) is 0 Å². The second-order valence-electron chi connectivity index (χ2n) is 19.6. The van der Waals surface area contributed by atoms with Gasteiger partial charge in [-0.2, -0.15) is 0 Å². The van der Waals surface area contributed by atoms with Crippen molar-refractivity contribution in [3.63, 3.8) is 0 Å². The molecule has 2 heterocycles. The van der Waals surface area contributed by atoms with Gasteiger partial charge in [0.2, 0.25) is 0 Å². The van der Waals surface area contributed by atoms with Gasteiger partial charge in [0.1, 0.15) is 0 Å². The quantitative estimate of drug-likeness (QED) is 0.159. The number of anilines is 6. The van der Waals surface area contributed by atoms with Gasteiger partial charge in [0.15, 0.2) is 0 Å². The van der Waals surface area contributed by atoms with Gasteiger partial charge in [0.25, 0.3) is 0 Å². The Balaban J connectivity index is 1.14. The summed E-state index contributed by atoms with van der Waals surface area (Å²) in [6.07, 6.45) is 0. The van der Waals surface area contributed by atoms with E-state index in [2.05, 4.69) is 268 Å². The van der Waals surface area contributed by atoms with Crippen LogP contribution in [0.25, 0.3) is 65.7 Å². The molecule has 0 bridgehead atoms. The van der Waals surface area contributed by atoms with Crippen LogP contribution >= 0.6 is 0 Å². The van der Waals surface area contributed by atoms with Gasteiger partial charge in [-0.05, 0) is 125 Å². The Morgan fingerprint density at radius 2 is 0.706 bits per heavy atom. The largest absolute Gasteiger partial charge is 0.309 e. The van der Waals surface area contributed by atoms with Crippen LogP contribution < -0.4 is 9.80 Å². The molecular formula is C66H50N2. The fourth-order valence-corrected chi connectivity index (χ4v) is 11.9. The molecule has 0 amide bonds. The highest BCUT2D eigenvalue weighted by Crippen LogP contribution is 2.58. The Kier molecular flexibility index (Phi) is 8.95. The lowest BCUT2D eigenvalue weighted by Crippen LogP contribution is -2.31. The molecule has 2 aliphatic heterocycles. The highest BCUT2D eigenvalue weighted by molar-refractivity contribution is 6.21. The van der Waals surface area contributed by atoms with Crippen LogP contribution in [0.4, 0.5) is 34.1 Å². The van der Waals surface area contributed by atoms with Crippen LogP contribution in [0.5, 0.6) is 0 Å². The Morgan fingerprint density at radius 1 is 0.294 bits per heavy atom. The third kappa shape index (κ3) is 5.90. The van der Waals surface area contributed by atoms with E-state index < -0.39 is 0 Å². The summed E-state index contributed by atoms with van der Waals surface area (Å²) < 4.78 is 0. The molecule has 0 atom stereocenters. The molecule has 0 saturated heterocycles. The van der Waals surface area contributed by atoms with E-state index in [4.69, 9.17) is 0 Å². The first-order chi connectivity index (χ1) is 33.3. The Morgan fingerprint density at radius 3 is 1.22 bits per heavy atom. The Bertz CT molecular complexity index is 3600. The third-order valence-electron chi connectivity index (χ3n) is 15.2. The van der Waals surface area contributed by atoms with Crippen LogP contribution in [0.3, 0.4) is 0 Å². The van der Waals surface area contributed by atoms with Gasteiger partial charge in [-0.1, -0.05) is 210 Å². The van der Waals surface area contributed by atoms with Crippen molar-refractivity contribution in [2.45, 2.75) is 38.5 Å². The predicted molar refractivity (Wildman–Crippen MR) is 289 cm³/mol. The number of rotatable bonds is 5. The van der Waals surface area contributed by atoms with Gasteiger partial charge in [-0.25, -0.2) is 0 Å². The van der Waals surface area contributed by atoms with E-state index in [9.17, 15) is 0 Å².